The highest BCUT2D eigenvalue weighted by Gasteiger charge is 2.10. The van der Waals surface area contributed by atoms with Crippen LogP contribution in [0, 0.1) is 5.82 Å². The van der Waals surface area contributed by atoms with Gasteiger partial charge in [-0.25, -0.2) is 9.37 Å². The number of thiazole rings is 1. The average Bonchev–Trinajstić information content (AvgIpc) is 3.14. The summed E-state index contributed by atoms with van der Waals surface area (Å²) in [6.07, 6.45) is 0.459. The van der Waals surface area contributed by atoms with E-state index in [1.807, 2.05) is 42.6 Å². The smallest absolute Gasteiger partial charge is 0.216 e. The summed E-state index contributed by atoms with van der Waals surface area (Å²) >= 11 is 1.52. The predicted molar refractivity (Wildman–Crippen MR) is 107 cm³/mol. The zero-order chi connectivity index (χ0) is 19.2. The van der Waals surface area contributed by atoms with E-state index >= 15 is 0 Å². The molecule has 0 unspecified atom stereocenters. The average molecular weight is 384 g/mol. The molecule has 0 atom stereocenters. The lowest BCUT2D eigenvalue weighted by Crippen LogP contribution is -2.22. The maximum Gasteiger partial charge on any atom is 0.216 e. The third-order valence-electron chi connectivity index (χ3n) is 4.03. The number of carbonyl (C=O) groups excluding carboxylic acids is 1. The molecule has 0 spiro atoms. The Bertz CT molecular complexity index is 922. The fourth-order valence-corrected chi connectivity index (χ4v) is 3.52. The highest BCUT2D eigenvalue weighted by atomic mass is 32.1. The van der Waals surface area contributed by atoms with Crippen LogP contribution in [0.4, 0.5) is 4.39 Å². The summed E-state index contributed by atoms with van der Waals surface area (Å²) < 4.78 is 19.8. The number of aromatic nitrogens is 1. The van der Waals surface area contributed by atoms with Crippen LogP contribution in [-0.4, -0.2) is 24.0 Å². The third-order valence-corrected chi connectivity index (χ3v) is 4.92. The van der Waals surface area contributed by atoms with Gasteiger partial charge in [-0.1, -0.05) is 12.1 Å². The van der Waals surface area contributed by atoms with Gasteiger partial charge in [0, 0.05) is 30.0 Å². The first-order valence-corrected chi connectivity index (χ1v) is 9.66. The minimum absolute atomic E-state index is 0.115. The van der Waals surface area contributed by atoms with E-state index < -0.39 is 0 Å². The molecule has 4 nitrogen and oxygen atoms in total. The quantitative estimate of drug-likeness (QED) is 0.643. The Morgan fingerprint density at radius 3 is 2.59 bits per heavy atom. The number of nitrogens with one attached hydrogen (secondary N) is 1. The maximum atomic E-state index is 14.4. The van der Waals surface area contributed by atoms with E-state index in [1.54, 1.807) is 6.07 Å². The second-order valence-corrected chi connectivity index (χ2v) is 6.89. The minimum Gasteiger partial charge on any atom is -0.494 e. The van der Waals surface area contributed by atoms with Gasteiger partial charge >= 0.3 is 0 Å². The van der Waals surface area contributed by atoms with E-state index in [9.17, 15) is 9.18 Å². The number of halogens is 1. The molecule has 27 heavy (non-hydrogen) atoms. The Kier molecular flexibility index (Phi) is 6.19. The largest absolute Gasteiger partial charge is 0.494 e. The summed E-state index contributed by atoms with van der Waals surface area (Å²) in [5, 5.41) is 5.48. The molecule has 1 heterocycles. The summed E-state index contributed by atoms with van der Waals surface area (Å²) in [6.45, 7) is 4.45. The molecule has 2 aromatic carbocycles. The molecule has 0 fully saturated rings. The van der Waals surface area contributed by atoms with Gasteiger partial charge in [0.25, 0.3) is 0 Å². The second kappa shape index (κ2) is 8.77. The van der Waals surface area contributed by atoms with E-state index in [0.29, 0.717) is 25.1 Å². The van der Waals surface area contributed by atoms with Crippen molar-refractivity contribution in [1.82, 2.24) is 10.3 Å². The van der Waals surface area contributed by atoms with E-state index in [0.717, 1.165) is 27.6 Å². The molecule has 3 rings (SSSR count). The fourth-order valence-electron chi connectivity index (χ4n) is 2.68. The molecule has 0 saturated heterocycles. The molecular formula is C21H21FN2O2S. The molecule has 140 valence electrons. The molecule has 1 aromatic heterocycles. The Labute approximate surface area is 162 Å². The first-order valence-electron chi connectivity index (χ1n) is 8.79. The standard InChI is InChI=1S/C21H21FN2O2S/c1-3-26-18-8-6-16(7-9-18)21-24-20(13-27-21)17-5-4-15(19(22)12-17)10-11-23-14(2)25/h4-9,12-13H,3,10-11H2,1-2H3,(H,23,25). The van der Waals surface area contributed by atoms with Gasteiger partial charge in [-0.05, 0) is 49.2 Å². The molecular weight excluding hydrogens is 363 g/mol. The number of ether oxygens (including phenoxy) is 1. The lowest BCUT2D eigenvalue weighted by atomic mass is 10.1. The summed E-state index contributed by atoms with van der Waals surface area (Å²) in [6, 6.07) is 12.9. The molecule has 0 bridgehead atoms. The van der Waals surface area contributed by atoms with Crippen molar-refractivity contribution in [3.63, 3.8) is 0 Å². The van der Waals surface area contributed by atoms with Crippen LogP contribution in [0.25, 0.3) is 21.8 Å². The maximum absolute atomic E-state index is 14.4. The van der Waals surface area contributed by atoms with Crippen LogP contribution in [0.2, 0.25) is 0 Å². The van der Waals surface area contributed by atoms with E-state index in [2.05, 4.69) is 10.3 Å². The number of nitrogens with zero attached hydrogens (tertiary/aromatic N) is 1. The van der Waals surface area contributed by atoms with E-state index in [4.69, 9.17) is 4.74 Å². The monoisotopic (exact) mass is 384 g/mol. The van der Waals surface area contributed by atoms with E-state index in [1.165, 1.54) is 24.3 Å². The van der Waals surface area contributed by atoms with Crippen LogP contribution in [0.3, 0.4) is 0 Å². The van der Waals surface area contributed by atoms with Crippen molar-refractivity contribution in [2.45, 2.75) is 20.3 Å². The van der Waals surface area contributed by atoms with Crippen molar-refractivity contribution in [3.05, 3.63) is 59.2 Å². The Hall–Kier alpha value is -2.73. The van der Waals surface area contributed by atoms with Crippen molar-refractivity contribution in [2.75, 3.05) is 13.2 Å². The van der Waals surface area contributed by atoms with Crippen molar-refractivity contribution in [2.24, 2.45) is 0 Å². The SMILES string of the molecule is CCOc1ccc(-c2nc(-c3ccc(CCNC(C)=O)c(F)c3)cs2)cc1. The molecule has 0 aliphatic carbocycles. The second-order valence-electron chi connectivity index (χ2n) is 6.03. The van der Waals surface area contributed by atoms with Crippen LogP contribution in [0.5, 0.6) is 5.75 Å². The molecule has 1 N–H and O–H groups in total. The molecule has 0 radical (unpaired) electrons. The first kappa shape index (κ1) is 19.0. The van der Waals surface area contributed by atoms with Gasteiger partial charge in [0.15, 0.2) is 0 Å². The molecule has 0 aliphatic rings. The third kappa shape index (κ3) is 4.92. The number of benzene rings is 2. The zero-order valence-electron chi connectivity index (χ0n) is 15.3. The predicted octanol–water partition coefficient (Wildman–Crippen LogP) is 4.69. The van der Waals surface area contributed by atoms with Crippen LogP contribution in [-0.2, 0) is 11.2 Å². The minimum atomic E-state index is -0.284. The Morgan fingerprint density at radius 1 is 1.19 bits per heavy atom. The zero-order valence-corrected chi connectivity index (χ0v) is 16.1. The molecule has 0 aliphatic heterocycles. The normalized spacial score (nSPS) is 10.6. The molecule has 3 aromatic rings. The number of rotatable bonds is 7. The first-order chi connectivity index (χ1) is 13.1. The molecule has 6 heteroatoms. The summed E-state index contributed by atoms with van der Waals surface area (Å²) in [4.78, 5) is 15.5. The van der Waals surface area contributed by atoms with Crippen LogP contribution in [0.1, 0.15) is 19.4 Å². The van der Waals surface area contributed by atoms with Crippen LogP contribution >= 0.6 is 11.3 Å². The van der Waals surface area contributed by atoms with Gasteiger partial charge in [0.2, 0.25) is 5.91 Å². The summed E-state index contributed by atoms with van der Waals surface area (Å²) in [5.74, 6) is 0.430. The van der Waals surface area contributed by atoms with Gasteiger partial charge in [-0.15, -0.1) is 11.3 Å². The fraction of sp³-hybridized carbons (Fsp3) is 0.238. The topological polar surface area (TPSA) is 51.2 Å². The van der Waals surface area contributed by atoms with Gasteiger partial charge in [0.1, 0.15) is 16.6 Å². The Morgan fingerprint density at radius 2 is 1.93 bits per heavy atom. The lowest BCUT2D eigenvalue weighted by Gasteiger charge is -2.06. The van der Waals surface area contributed by atoms with Gasteiger partial charge in [-0.3, -0.25) is 4.79 Å². The van der Waals surface area contributed by atoms with Crippen molar-refractivity contribution >= 4 is 17.2 Å². The number of hydrogen-bond donors (Lipinski definition) is 1. The van der Waals surface area contributed by atoms with Crippen LogP contribution < -0.4 is 10.1 Å². The van der Waals surface area contributed by atoms with Crippen molar-refractivity contribution < 1.29 is 13.9 Å². The summed E-state index contributed by atoms with van der Waals surface area (Å²) in [5.41, 5.74) is 3.07. The Balaban J connectivity index is 1.74. The van der Waals surface area contributed by atoms with Crippen molar-refractivity contribution in [3.8, 4) is 27.6 Å². The van der Waals surface area contributed by atoms with Gasteiger partial charge < -0.3 is 10.1 Å². The summed E-state index contributed by atoms with van der Waals surface area (Å²) in [7, 11) is 0. The van der Waals surface area contributed by atoms with Gasteiger partial charge in [-0.2, -0.15) is 0 Å². The number of amides is 1. The van der Waals surface area contributed by atoms with E-state index in [-0.39, 0.29) is 11.7 Å². The molecule has 0 saturated carbocycles. The highest BCUT2D eigenvalue weighted by molar-refractivity contribution is 7.13. The van der Waals surface area contributed by atoms with Crippen LogP contribution in [0.15, 0.2) is 47.8 Å². The molecule has 1 amide bonds. The number of carbonyl (C=O) groups is 1. The lowest BCUT2D eigenvalue weighted by molar-refractivity contribution is -0.118. The van der Waals surface area contributed by atoms with Gasteiger partial charge in [0.05, 0.1) is 12.3 Å². The highest BCUT2D eigenvalue weighted by Crippen LogP contribution is 2.30. The number of hydrogen-bond acceptors (Lipinski definition) is 4. The van der Waals surface area contributed by atoms with Crippen molar-refractivity contribution in [1.29, 1.82) is 0 Å².